The van der Waals surface area contributed by atoms with E-state index >= 15 is 0 Å². The average Bonchev–Trinajstić information content (AvgIpc) is 3.23. The number of rotatable bonds is 8. The summed E-state index contributed by atoms with van der Waals surface area (Å²) in [6.45, 7) is 1.94. The molecule has 142 valence electrons. The van der Waals surface area contributed by atoms with E-state index < -0.39 is 0 Å². The molecular formula is C21H25N3O3. The van der Waals surface area contributed by atoms with Crippen molar-refractivity contribution in [2.45, 2.75) is 25.5 Å². The molecule has 27 heavy (non-hydrogen) atoms. The van der Waals surface area contributed by atoms with E-state index in [2.05, 4.69) is 16.0 Å². The first kappa shape index (κ1) is 18.9. The van der Waals surface area contributed by atoms with Gasteiger partial charge in [-0.15, -0.1) is 0 Å². The second-order valence-corrected chi connectivity index (χ2v) is 6.54. The summed E-state index contributed by atoms with van der Waals surface area (Å²) in [6.07, 6.45) is 2.15. The van der Waals surface area contributed by atoms with E-state index in [1.807, 2.05) is 36.4 Å². The highest BCUT2D eigenvalue weighted by Gasteiger charge is 2.16. The molecule has 0 aliphatic carbocycles. The Morgan fingerprint density at radius 2 is 1.89 bits per heavy atom. The standard InChI is InChI=1S/C21H25N3O3/c25-20(23-13-16-6-2-1-3-7-16)15-22-18-9-4-8-17(12-18)21(26)24-14-19-10-5-11-27-19/h1-4,6-9,12,19,22H,5,10-11,13-15H2,(H,23,25)(H,24,26). The van der Waals surface area contributed by atoms with Gasteiger partial charge < -0.3 is 20.7 Å². The molecule has 1 atom stereocenters. The van der Waals surface area contributed by atoms with Crippen LogP contribution in [0.5, 0.6) is 0 Å². The highest BCUT2D eigenvalue weighted by molar-refractivity contribution is 5.95. The molecule has 1 unspecified atom stereocenters. The van der Waals surface area contributed by atoms with Crippen LogP contribution in [0.1, 0.15) is 28.8 Å². The Labute approximate surface area is 159 Å². The molecule has 1 aliphatic heterocycles. The second kappa shape index (κ2) is 9.73. The summed E-state index contributed by atoms with van der Waals surface area (Å²) in [4.78, 5) is 24.3. The minimum absolute atomic E-state index is 0.105. The van der Waals surface area contributed by atoms with E-state index in [4.69, 9.17) is 4.74 Å². The van der Waals surface area contributed by atoms with Crippen molar-refractivity contribution in [3.05, 3.63) is 65.7 Å². The zero-order valence-corrected chi connectivity index (χ0v) is 15.2. The third-order valence-electron chi connectivity index (χ3n) is 4.42. The number of nitrogens with one attached hydrogen (secondary N) is 3. The Hall–Kier alpha value is -2.86. The molecule has 1 saturated heterocycles. The molecule has 2 amide bonds. The topological polar surface area (TPSA) is 79.5 Å². The van der Waals surface area contributed by atoms with Gasteiger partial charge in [0, 0.05) is 30.9 Å². The molecular weight excluding hydrogens is 342 g/mol. The van der Waals surface area contributed by atoms with Gasteiger partial charge in [-0.1, -0.05) is 36.4 Å². The highest BCUT2D eigenvalue weighted by Crippen LogP contribution is 2.12. The molecule has 6 heteroatoms. The van der Waals surface area contributed by atoms with Crippen molar-refractivity contribution >= 4 is 17.5 Å². The van der Waals surface area contributed by atoms with Gasteiger partial charge in [0.1, 0.15) is 0 Å². The number of anilines is 1. The highest BCUT2D eigenvalue weighted by atomic mass is 16.5. The van der Waals surface area contributed by atoms with E-state index in [9.17, 15) is 9.59 Å². The van der Waals surface area contributed by atoms with E-state index in [1.54, 1.807) is 18.2 Å². The maximum Gasteiger partial charge on any atom is 0.251 e. The summed E-state index contributed by atoms with van der Waals surface area (Å²) in [7, 11) is 0. The monoisotopic (exact) mass is 367 g/mol. The van der Waals surface area contributed by atoms with E-state index in [0.29, 0.717) is 18.7 Å². The Bertz CT molecular complexity index is 758. The van der Waals surface area contributed by atoms with E-state index in [0.717, 1.165) is 30.7 Å². The van der Waals surface area contributed by atoms with Crippen molar-refractivity contribution in [3.63, 3.8) is 0 Å². The summed E-state index contributed by atoms with van der Waals surface area (Å²) >= 11 is 0. The fraction of sp³-hybridized carbons (Fsp3) is 0.333. The summed E-state index contributed by atoms with van der Waals surface area (Å²) in [5, 5.41) is 8.82. The molecule has 2 aromatic rings. The van der Waals surface area contributed by atoms with Crippen LogP contribution in [0.2, 0.25) is 0 Å². The SMILES string of the molecule is O=C(CNc1cccc(C(=O)NCC2CCCO2)c1)NCc1ccccc1. The predicted octanol–water partition coefficient (Wildman–Crippen LogP) is 2.32. The molecule has 1 fully saturated rings. The number of amides is 2. The average molecular weight is 367 g/mol. The third kappa shape index (κ3) is 6.11. The van der Waals surface area contributed by atoms with Gasteiger partial charge in [0.2, 0.25) is 5.91 Å². The van der Waals surface area contributed by atoms with Gasteiger partial charge in [0.05, 0.1) is 12.6 Å². The smallest absolute Gasteiger partial charge is 0.251 e. The molecule has 3 N–H and O–H groups in total. The third-order valence-corrected chi connectivity index (χ3v) is 4.42. The Balaban J connectivity index is 1.44. The number of carbonyl (C=O) groups excluding carboxylic acids is 2. The van der Waals surface area contributed by atoms with Crippen LogP contribution in [-0.2, 0) is 16.1 Å². The van der Waals surface area contributed by atoms with Crippen molar-refractivity contribution in [2.24, 2.45) is 0 Å². The lowest BCUT2D eigenvalue weighted by molar-refractivity contribution is -0.119. The van der Waals surface area contributed by atoms with Gasteiger partial charge in [-0.25, -0.2) is 0 Å². The van der Waals surface area contributed by atoms with Crippen LogP contribution in [-0.4, -0.2) is 37.6 Å². The predicted molar refractivity (Wildman–Crippen MR) is 105 cm³/mol. The van der Waals surface area contributed by atoms with Gasteiger partial charge in [-0.2, -0.15) is 0 Å². The minimum atomic E-state index is -0.136. The number of hydrogen-bond acceptors (Lipinski definition) is 4. The summed E-state index contributed by atoms with van der Waals surface area (Å²) < 4.78 is 5.51. The molecule has 2 aromatic carbocycles. The lowest BCUT2D eigenvalue weighted by Gasteiger charge is -2.12. The van der Waals surface area contributed by atoms with Crippen LogP contribution in [0.4, 0.5) is 5.69 Å². The fourth-order valence-electron chi connectivity index (χ4n) is 2.93. The van der Waals surface area contributed by atoms with Crippen LogP contribution >= 0.6 is 0 Å². The van der Waals surface area contributed by atoms with E-state index in [-0.39, 0.29) is 24.5 Å². The zero-order valence-electron chi connectivity index (χ0n) is 15.2. The first-order chi connectivity index (χ1) is 13.2. The van der Waals surface area contributed by atoms with Crippen LogP contribution in [0.3, 0.4) is 0 Å². The molecule has 0 bridgehead atoms. The van der Waals surface area contributed by atoms with Crippen molar-refractivity contribution in [1.29, 1.82) is 0 Å². The first-order valence-electron chi connectivity index (χ1n) is 9.25. The van der Waals surface area contributed by atoms with Crippen LogP contribution in [0.15, 0.2) is 54.6 Å². The Morgan fingerprint density at radius 3 is 2.67 bits per heavy atom. The molecule has 6 nitrogen and oxygen atoms in total. The van der Waals surface area contributed by atoms with Gasteiger partial charge in [0.25, 0.3) is 5.91 Å². The molecule has 0 radical (unpaired) electrons. The lowest BCUT2D eigenvalue weighted by Crippen LogP contribution is -2.32. The summed E-state index contributed by atoms with van der Waals surface area (Å²) in [6, 6.07) is 16.9. The maximum absolute atomic E-state index is 12.3. The number of benzene rings is 2. The van der Waals surface area contributed by atoms with Crippen molar-refractivity contribution in [3.8, 4) is 0 Å². The van der Waals surface area contributed by atoms with Crippen LogP contribution in [0, 0.1) is 0 Å². The van der Waals surface area contributed by atoms with Crippen molar-refractivity contribution < 1.29 is 14.3 Å². The lowest BCUT2D eigenvalue weighted by atomic mass is 10.1. The van der Waals surface area contributed by atoms with Gasteiger partial charge in [0.15, 0.2) is 0 Å². The maximum atomic E-state index is 12.3. The number of carbonyl (C=O) groups is 2. The largest absolute Gasteiger partial charge is 0.376 e. The zero-order chi connectivity index (χ0) is 18.9. The Morgan fingerprint density at radius 1 is 1.04 bits per heavy atom. The summed E-state index contributed by atoms with van der Waals surface area (Å²) in [5.41, 5.74) is 2.34. The molecule has 0 aromatic heterocycles. The van der Waals surface area contributed by atoms with Gasteiger partial charge >= 0.3 is 0 Å². The van der Waals surface area contributed by atoms with Gasteiger partial charge in [-0.3, -0.25) is 9.59 Å². The van der Waals surface area contributed by atoms with Crippen molar-refractivity contribution in [1.82, 2.24) is 10.6 Å². The van der Waals surface area contributed by atoms with Crippen molar-refractivity contribution in [2.75, 3.05) is 25.0 Å². The molecule has 0 saturated carbocycles. The summed E-state index contributed by atoms with van der Waals surface area (Å²) in [5.74, 6) is -0.241. The van der Waals surface area contributed by atoms with E-state index in [1.165, 1.54) is 0 Å². The number of hydrogen-bond donors (Lipinski definition) is 3. The molecule has 3 rings (SSSR count). The second-order valence-electron chi connectivity index (χ2n) is 6.54. The van der Waals surface area contributed by atoms with Gasteiger partial charge in [-0.05, 0) is 36.6 Å². The first-order valence-corrected chi connectivity index (χ1v) is 9.25. The Kier molecular flexibility index (Phi) is 6.82. The fourth-order valence-corrected chi connectivity index (χ4v) is 2.93. The van der Waals surface area contributed by atoms with Crippen LogP contribution in [0.25, 0.3) is 0 Å². The minimum Gasteiger partial charge on any atom is -0.376 e. The quantitative estimate of drug-likeness (QED) is 0.669. The molecule has 1 heterocycles. The van der Waals surface area contributed by atoms with Crippen LogP contribution < -0.4 is 16.0 Å². The molecule has 1 aliphatic rings. The molecule has 0 spiro atoms. The normalized spacial score (nSPS) is 15.9. The number of ether oxygens (including phenoxy) is 1.